The van der Waals surface area contributed by atoms with Gasteiger partial charge in [0.25, 0.3) is 0 Å². The van der Waals surface area contributed by atoms with Crippen LogP contribution in [0.5, 0.6) is 11.5 Å². The molecule has 2 aromatic rings. The molecule has 1 amide bonds. The maximum atomic E-state index is 12.5. The van der Waals surface area contributed by atoms with Gasteiger partial charge in [-0.3, -0.25) is 9.59 Å². The van der Waals surface area contributed by atoms with Gasteiger partial charge in [0, 0.05) is 13.0 Å². The van der Waals surface area contributed by atoms with Crippen LogP contribution in [0, 0.1) is 12.8 Å². The highest BCUT2D eigenvalue weighted by Crippen LogP contribution is 2.36. The minimum Gasteiger partial charge on any atom is -0.495 e. The van der Waals surface area contributed by atoms with Gasteiger partial charge in [0.1, 0.15) is 10.8 Å². The fraction of sp³-hybridized carbons (Fsp3) is 0.263. The van der Waals surface area contributed by atoms with E-state index in [-0.39, 0.29) is 29.6 Å². The Bertz CT molecular complexity index is 869. The van der Waals surface area contributed by atoms with Crippen LogP contribution in [0.4, 0.5) is 5.69 Å². The number of halogens is 2. The zero-order chi connectivity index (χ0) is 18.8. The highest BCUT2D eigenvalue weighted by Gasteiger charge is 2.37. The van der Waals surface area contributed by atoms with E-state index in [9.17, 15) is 9.59 Å². The highest BCUT2D eigenvalue weighted by atomic mass is 35.5. The molecule has 7 heteroatoms. The number of rotatable bonds is 4. The first-order chi connectivity index (χ1) is 12.4. The van der Waals surface area contributed by atoms with E-state index in [4.69, 9.17) is 32.7 Å². The molecule has 2 aromatic carbocycles. The SMILES string of the molecule is COc1ccc(C)cc1N1C[C@@H](C(=O)Oc2cccc(Cl)c2Cl)CC1=O. The molecule has 3 rings (SSSR count). The van der Waals surface area contributed by atoms with Gasteiger partial charge in [-0.25, -0.2) is 0 Å². The van der Waals surface area contributed by atoms with E-state index in [2.05, 4.69) is 0 Å². The molecule has 1 saturated heterocycles. The van der Waals surface area contributed by atoms with Crippen molar-refractivity contribution in [2.75, 3.05) is 18.6 Å². The first kappa shape index (κ1) is 18.5. The highest BCUT2D eigenvalue weighted by molar-refractivity contribution is 6.43. The van der Waals surface area contributed by atoms with Crippen LogP contribution in [-0.4, -0.2) is 25.5 Å². The summed E-state index contributed by atoms with van der Waals surface area (Å²) in [4.78, 5) is 26.5. The van der Waals surface area contributed by atoms with Crippen molar-refractivity contribution in [2.45, 2.75) is 13.3 Å². The van der Waals surface area contributed by atoms with Crippen LogP contribution in [0.1, 0.15) is 12.0 Å². The number of hydrogen-bond donors (Lipinski definition) is 0. The predicted octanol–water partition coefficient (Wildman–Crippen LogP) is 4.27. The third kappa shape index (κ3) is 3.64. The predicted molar refractivity (Wildman–Crippen MR) is 100 cm³/mol. The van der Waals surface area contributed by atoms with Crippen LogP contribution in [-0.2, 0) is 9.59 Å². The van der Waals surface area contributed by atoms with E-state index in [1.807, 2.05) is 19.1 Å². The molecular weight excluding hydrogens is 377 g/mol. The summed E-state index contributed by atoms with van der Waals surface area (Å²) in [7, 11) is 1.54. The van der Waals surface area contributed by atoms with E-state index in [1.54, 1.807) is 36.3 Å². The van der Waals surface area contributed by atoms with Crippen LogP contribution in [0.15, 0.2) is 36.4 Å². The molecule has 0 spiro atoms. The van der Waals surface area contributed by atoms with Crippen molar-refractivity contribution in [3.8, 4) is 11.5 Å². The molecule has 1 atom stereocenters. The number of carbonyl (C=O) groups is 2. The first-order valence-corrected chi connectivity index (χ1v) is 8.77. The summed E-state index contributed by atoms with van der Waals surface area (Å²) in [5.41, 5.74) is 1.64. The zero-order valence-corrected chi connectivity index (χ0v) is 15.8. The van der Waals surface area contributed by atoms with Gasteiger partial charge in [0.2, 0.25) is 5.91 Å². The lowest BCUT2D eigenvalue weighted by atomic mass is 10.1. The molecule has 0 saturated carbocycles. The minimum absolute atomic E-state index is 0.0636. The summed E-state index contributed by atoms with van der Waals surface area (Å²) < 4.78 is 10.7. The third-order valence-corrected chi connectivity index (χ3v) is 5.01. The standard InChI is InChI=1S/C19H17Cl2NO4/c1-11-6-7-15(25-2)14(8-11)22-10-12(9-17(22)23)19(24)26-16-5-3-4-13(20)18(16)21/h3-8,12H,9-10H2,1-2H3/t12-/m0/s1. The second kappa shape index (κ2) is 7.56. The Morgan fingerprint density at radius 1 is 1.19 bits per heavy atom. The number of ether oxygens (including phenoxy) is 2. The summed E-state index contributed by atoms with van der Waals surface area (Å²) in [5.74, 6) is -0.508. The molecule has 0 N–H and O–H groups in total. The number of carbonyl (C=O) groups excluding carboxylic acids is 2. The van der Waals surface area contributed by atoms with Crippen molar-refractivity contribution in [1.29, 1.82) is 0 Å². The van der Waals surface area contributed by atoms with Crippen molar-refractivity contribution in [2.24, 2.45) is 5.92 Å². The van der Waals surface area contributed by atoms with Crippen LogP contribution in [0.25, 0.3) is 0 Å². The molecule has 1 heterocycles. The number of hydrogen-bond acceptors (Lipinski definition) is 4. The molecule has 0 aliphatic carbocycles. The molecule has 0 unspecified atom stereocenters. The summed E-state index contributed by atoms with van der Waals surface area (Å²) in [6, 6.07) is 10.4. The van der Waals surface area contributed by atoms with Gasteiger partial charge in [-0.1, -0.05) is 35.3 Å². The quantitative estimate of drug-likeness (QED) is 0.574. The molecule has 1 aliphatic heterocycles. The van der Waals surface area contributed by atoms with Crippen LogP contribution in [0.2, 0.25) is 10.0 Å². The fourth-order valence-electron chi connectivity index (χ4n) is 2.86. The first-order valence-electron chi connectivity index (χ1n) is 8.01. The van der Waals surface area contributed by atoms with Crippen LogP contribution >= 0.6 is 23.2 Å². The Morgan fingerprint density at radius 2 is 1.96 bits per heavy atom. The lowest BCUT2D eigenvalue weighted by Crippen LogP contribution is -2.27. The fourth-order valence-corrected chi connectivity index (χ4v) is 3.19. The van der Waals surface area contributed by atoms with Gasteiger partial charge in [0.05, 0.1) is 23.7 Å². The molecule has 0 bridgehead atoms. The molecule has 5 nitrogen and oxygen atoms in total. The monoisotopic (exact) mass is 393 g/mol. The van der Waals surface area contributed by atoms with Crippen molar-refractivity contribution in [1.82, 2.24) is 0 Å². The zero-order valence-electron chi connectivity index (χ0n) is 14.3. The number of nitrogens with zero attached hydrogens (tertiary/aromatic N) is 1. The topological polar surface area (TPSA) is 55.8 Å². The molecule has 0 aromatic heterocycles. The smallest absolute Gasteiger partial charge is 0.316 e. The average Bonchev–Trinajstić information content (AvgIpc) is 3.00. The van der Waals surface area contributed by atoms with E-state index in [1.165, 1.54) is 0 Å². The Balaban J connectivity index is 1.78. The third-order valence-electron chi connectivity index (χ3n) is 4.21. The molecule has 136 valence electrons. The number of methoxy groups -OCH3 is 1. The van der Waals surface area contributed by atoms with Gasteiger partial charge in [-0.05, 0) is 36.8 Å². The molecular formula is C19H17Cl2NO4. The average molecular weight is 394 g/mol. The maximum Gasteiger partial charge on any atom is 0.316 e. The lowest BCUT2D eigenvalue weighted by Gasteiger charge is -2.20. The Labute approximate surface area is 161 Å². The van der Waals surface area contributed by atoms with E-state index < -0.39 is 11.9 Å². The van der Waals surface area contributed by atoms with Crippen molar-refractivity contribution in [3.05, 3.63) is 52.0 Å². The number of esters is 1. The molecule has 1 fully saturated rings. The van der Waals surface area contributed by atoms with Gasteiger partial charge < -0.3 is 14.4 Å². The number of anilines is 1. The van der Waals surface area contributed by atoms with E-state index >= 15 is 0 Å². The normalized spacial score (nSPS) is 16.7. The Kier molecular flexibility index (Phi) is 5.39. The van der Waals surface area contributed by atoms with Crippen LogP contribution in [0.3, 0.4) is 0 Å². The van der Waals surface area contributed by atoms with Gasteiger partial charge in [0.15, 0.2) is 5.75 Å². The van der Waals surface area contributed by atoms with Gasteiger partial charge >= 0.3 is 5.97 Å². The van der Waals surface area contributed by atoms with E-state index in [0.717, 1.165) is 5.56 Å². The van der Waals surface area contributed by atoms with Gasteiger partial charge in [-0.15, -0.1) is 0 Å². The van der Waals surface area contributed by atoms with Crippen molar-refractivity contribution in [3.63, 3.8) is 0 Å². The second-order valence-electron chi connectivity index (χ2n) is 6.05. The summed E-state index contributed by atoms with van der Waals surface area (Å²) >= 11 is 12.0. The summed E-state index contributed by atoms with van der Waals surface area (Å²) in [6.07, 6.45) is 0.0636. The van der Waals surface area contributed by atoms with Crippen molar-refractivity contribution >= 4 is 40.8 Å². The lowest BCUT2D eigenvalue weighted by molar-refractivity contribution is -0.139. The maximum absolute atomic E-state index is 12.5. The Hall–Kier alpha value is -2.24. The summed E-state index contributed by atoms with van der Waals surface area (Å²) in [5, 5.41) is 0.467. The number of benzene rings is 2. The van der Waals surface area contributed by atoms with Crippen molar-refractivity contribution < 1.29 is 19.1 Å². The largest absolute Gasteiger partial charge is 0.495 e. The van der Waals surface area contributed by atoms with Gasteiger partial charge in [-0.2, -0.15) is 0 Å². The second-order valence-corrected chi connectivity index (χ2v) is 6.84. The van der Waals surface area contributed by atoms with Crippen LogP contribution < -0.4 is 14.4 Å². The molecule has 0 radical (unpaired) electrons. The number of amides is 1. The molecule has 1 aliphatic rings. The Morgan fingerprint density at radius 3 is 2.69 bits per heavy atom. The van der Waals surface area contributed by atoms with E-state index in [0.29, 0.717) is 16.5 Å². The number of aryl methyl sites for hydroxylation is 1. The molecule has 26 heavy (non-hydrogen) atoms. The summed E-state index contributed by atoms with van der Waals surface area (Å²) in [6.45, 7) is 2.14. The minimum atomic E-state index is -0.595.